The summed E-state index contributed by atoms with van der Waals surface area (Å²) in [6.45, 7) is -0.693. The number of nitrogens with one attached hydrogen (secondary N) is 1. The number of likely N-dealkylation sites (tertiary alicyclic amines) is 1. The molecule has 1 fully saturated rings. The maximum atomic E-state index is 13.0. The summed E-state index contributed by atoms with van der Waals surface area (Å²) in [5.41, 5.74) is 0.962. The van der Waals surface area contributed by atoms with Crippen molar-refractivity contribution in [3.05, 3.63) is 60.2 Å². The fourth-order valence-electron chi connectivity index (χ4n) is 3.71. The van der Waals surface area contributed by atoms with E-state index in [1.165, 1.54) is 6.07 Å². The van der Waals surface area contributed by atoms with Crippen molar-refractivity contribution in [3.8, 4) is 5.75 Å². The lowest BCUT2D eigenvalue weighted by molar-refractivity contribution is -0.163. The van der Waals surface area contributed by atoms with Gasteiger partial charge in [0.05, 0.1) is 12.2 Å². The minimum Gasteiger partial charge on any atom is -0.506 e. The van der Waals surface area contributed by atoms with Crippen LogP contribution in [0.3, 0.4) is 0 Å². The van der Waals surface area contributed by atoms with Crippen LogP contribution in [0.5, 0.6) is 5.75 Å². The van der Waals surface area contributed by atoms with Crippen molar-refractivity contribution in [1.29, 1.82) is 0 Å². The zero-order chi connectivity index (χ0) is 23.1. The number of carbonyl (C=O) groups excluding carboxylic acids is 2. The molecule has 2 N–H and O–H groups in total. The van der Waals surface area contributed by atoms with E-state index in [2.05, 4.69) is 5.32 Å². The summed E-state index contributed by atoms with van der Waals surface area (Å²) in [6, 6.07) is 15.0. The number of anilines is 1. The molecule has 9 heteroatoms. The number of halogens is 3. The van der Waals surface area contributed by atoms with E-state index in [1.807, 2.05) is 0 Å². The van der Waals surface area contributed by atoms with Gasteiger partial charge >= 0.3 is 6.18 Å². The van der Waals surface area contributed by atoms with Crippen LogP contribution >= 0.6 is 0 Å². The Morgan fingerprint density at radius 1 is 1.03 bits per heavy atom. The highest BCUT2D eigenvalue weighted by Crippen LogP contribution is 2.25. The maximum Gasteiger partial charge on any atom is 0.406 e. The fourth-order valence-corrected chi connectivity index (χ4v) is 3.71. The van der Waals surface area contributed by atoms with E-state index >= 15 is 0 Å². The van der Waals surface area contributed by atoms with Gasteiger partial charge in [-0.15, -0.1) is 0 Å². The van der Waals surface area contributed by atoms with Crippen molar-refractivity contribution in [2.24, 2.45) is 5.92 Å². The molecule has 0 saturated carbocycles. The standard InChI is InChI=1S/C23H26F3N3O3/c24-23(25,26)16-29(14-17-6-2-1-3-7-17)21(31)15-28-12-10-18(11-13-28)22(32)27-19-8-4-5-9-20(19)30/h1-9,18,30H,10-16H2,(H,27,32). The number of amides is 2. The molecule has 6 nitrogen and oxygen atoms in total. The quantitative estimate of drug-likeness (QED) is 0.634. The second-order valence-corrected chi connectivity index (χ2v) is 7.91. The summed E-state index contributed by atoms with van der Waals surface area (Å²) >= 11 is 0. The molecule has 2 aromatic rings. The molecule has 0 bridgehead atoms. The molecule has 3 rings (SSSR count). The van der Waals surface area contributed by atoms with Gasteiger partial charge < -0.3 is 15.3 Å². The average molecular weight is 449 g/mol. The number of piperidine rings is 1. The van der Waals surface area contributed by atoms with Crippen molar-refractivity contribution < 1.29 is 27.9 Å². The van der Waals surface area contributed by atoms with Crippen molar-refractivity contribution in [1.82, 2.24) is 9.80 Å². The Kier molecular flexibility index (Phi) is 7.74. The van der Waals surface area contributed by atoms with Gasteiger partial charge in [-0.05, 0) is 43.6 Å². The smallest absolute Gasteiger partial charge is 0.406 e. The summed E-state index contributed by atoms with van der Waals surface area (Å²) in [5, 5.41) is 12.5. The van der Waals surface area contributed by atoms with E-state index in [0.717, 1.165) is 4.90 Å². The summed E-state index contributed by atoms with van der Waals surface area (Å²) in [5.74, 6) is -1.13. The van der Waals surface area contributed by atoms with E-state index < -0.39 is 18.6 Å². The Balaban J connectivity index is 1.53. The largest absolute Gasteiger partial charge is 0.506 e. The number of carbonyl (C=O) groups is 2. The second-order valence-electron chi connectivity index (χ2n) is 7.91. The van der Waals surface area contributed by atoms with Crippen LogP contribution in [-0.4, -0.2) is 59.1 Å². The summed E-state index contributed by atoms with van der Waals surface area (Å²) < 4.78 is 39.1. The van der Waals surface area contributed by atoms with Gasteiger partial charge in [0.1, 0.15) is 12.3 Å². The summed E-state index contributed by atoms with van der Waals surface area (Å²) in [7, 11) is 0. The monoisotopic (exact) mass is 449 g/mol. The molecule has 0 unspecified atom stereocenters. The number of nitrogens with zero attached hydrogens (tertiary/aromatic N) is 2. The highest BCUT2D eigenvalue weighted by Gasteiger charge is 2.34. The van der Waals surface area contributed by atoms with Crippen molar-refractivity contribution in [3.63, 3.8) is 0 Å². The zero-order valence-electron chi connectivity index (χ0n) is 17.5. The normalized spacial score (nSPS) is 15.3. The van der Waals surface area contributed by atoms with Gasteiger partial charge in [-0.2, -0.15) is 13.2 Å². The van der Waals surface area contributed by atoms with Crippen molar-refractivity contribution >= 4 is 17.5 Å². The number of rotatable bonds is 7. The molecular weight excluding hydrogens is 423 g/mol. The number of aromatic hydroxyl groups is 1. The summed E-state index contributed by atoms with van der Waals surface area (Å²) in [6.07, 6.45) is -3.53. The highest BCUT2D eigenvalue weighted by molar-refractivity contribution is 5.93. The first-order valence-electron chi connectivity index (χ1n) is 10.4. The Labute approximate surface area is 184 Å². The van der Waals surface area contributed by atoms with E-state index in [1.54, 1.807) is 53.4 Å². The molecule has 1 aliphatic rings. The molecular formula is C23H26F3N3O3. The Morgan fingerprint density at radius 2 is 1.66 bits per heavy atom. The van der Waals surface area contributed by atoms with Crippen LogP contribution in [0, 0.1) is 5.92 Å². The Hall–Kier alpha value is -3.07. The highest BCUT2D eigenvalue weighted by atomic mass is 19.4. The van der Waals surface area contributed by atoms with Crippen LogP contribution < -0.4 is 5.32 Å². The molecule has 32 heavy (non-hydrogen) atoms. The van der Waals surface area contributed by atoms with E-state index in [9.17, 15) is 27.9 Å². The lowest BCUT2D eigenvalue weighted by Gasteiger charge is -2.33. The van der Waals surface area contributed by atoms with Crippen LogP contribution in [-0.2, 0) is 16.1 Å². The van der Waals surface area contributed by atoms with E-state index in [-0.39, 0.29) is 30.7 Å². The third-order valence-electron chi connectivity index (χ3n) is 5.42. The molecule has 2 amide bonds. The van der Waals surface area contributed by atoms with E-state index in [4.69, 9.17) is 0 Å². The third-order valence-corrected chi connectivity index (χ3v) is 5.42. The van der Waals surface area contributed by atoms with Crippen molar-refractivity contribution in [2.75, 3.05) is 31.5 Å². The number of hydrogen-bond donors (Lipinski definition) is 2. The molecule has 0 spiro atoms. The molecule has 1 saturated heterocycles. The van der Waals surface area contributed by atoms with Gasteiger partial charge in [-0.3, -0.25) is 14.5 Å². The number of alkyl halides is 3. The van der Waals surface area contributed by atoms with Gasteiger partial charge in [0.15, 0.2) is 0 Å². The minimum atomic E-state index is -4.49. The first kappa shape index (κ1) is 23.6. The maximum absolute atomic E-state index is 13.0. The second kappa shape index (κ2) is 10.5. The first-order valence-corrected chi connectivity index (χ1v) is 10.4. The Morgan fingerprint density at radius 3 is 2.28 bits per heavy atom. The Bertz CT molecular complexity index is 913. The molecule has 0 atom stereocenters. The van der Waals surface area contributed by atoms with Crippen LogP contribution in [0.4, 0.5) is 18.9 Å². The van der Waals surface area contributed by atoms with Crippen LogP contribution in [0.25, 0.3) is 0 Å². The molecule has 0 aromatic heterocycles. The summed E-state index contributed by atoms with van der Waals surface area (Å²) in [4.78, 5) is 27.7. The van der Waals surface area contributed by atoms with Gasteiger partial charge in [0.25, 0.3) is 0 Å². The van der Waals surface area contributed by atoms with Gasteiger partial charge in [-0.1, -0.05) is 42.5 Å². The number of para-hydroxylation sites is 2. The van der Waals surface area contributed by atoms with E-state index in [0.29, 0.717) is 37.2 Å². The van der Waals surface area contributed by atoms with Gasteiger partial charge in [0.2, 0.25) is 11.8 Å². The lowest BCUT2D eigenvalue weighted by atomic mass is 9.95. The third kappa shape index (κ3) is 6.98. The first-order chi connectivity index (χ1) is 15.2. The molecule has 2 aromatic carbocycles. The molecule has 172 valence electrons. The molecule has 1 heterocycles. The number of hydrogen-bond acceptors (Lipinski definition) is 4. The molecule has 1 aliphatic heterocycles. The predicted molar refractivity (Wildman–Crippen MR) is 114 cm³/mol. The zero-order valence-corrected chi connectivity index (χ0v) is 17.5. The molecule has 0 radical (unpaired) electrons. The average Bonchev–Trinajstić information content (AvgIpc) is 2.75. The topological polar surface area (TPSA) is 72.9 Å². The van der Waals surface area contributed by atoms with Crippen LogP contribution in [0.1, 0.15) is 18.4 Å². The number of benzene rings is 2. The van der Waals surface area contributed by atoms with Crippen LogP contribution in [0.2, 0.25) is 0 Å². The fraction of sp³-hybridized carbons (Fsp3) is 0.391. The predicted octanol–water partition coefficient (Wildman–Crippen LogP) is 3.63. The van der Waals surface area contributed by atoms with Crippen molar-refractivity contribution in [2.45, 2.75) is 25.6 Å². The molecule has 0 aliphatic carbocycles. The van der Waals surface area contributed by atoms with Gasteiger partial charge in [0, 0.05) is 12.5 Å². The SMILES string of the molecule is O=C(Nc1ccccc1O)C1CCN(CC(=O)N(Cc2ccccc2)CC(F)(F)F)CC1. The van der Waals surface area contributed by atoms with Gasteiger partial charge in [-0.25, -0.2) is 0 Å². The lowest BCUT2D eigenvalue weighted by Crippen LogP contribution is -2.46. The number of phenolic OH excluding ortho intramolecular Hbond substituents is 1. The number of phenols is 1. The minimum absolute atomic E-state index is 0.0212. The van der Waals surface area contributed by atoms with Crippen LogP contribution in [0.15, 0.2) is 54.6 Å².